The van der Waals surface area contributed by atoms with Gasteiger partial charge >= 0.3 is 0 Å². The summed E-state index contributed by atoms with van der Waals surface area (Å²) in [7, 11) is 0. The van der Waals surface area contributed by atoms with Crippen molar-refractivity contribution in [3.05, 3.63) is 35.9 Å². The van der Waals surface area contributed by atoms with Crippen molar-refractivity contribution in [3.63, 3.8) is 0 Å². The molecule has 3 aliphatic heterocycles. The van der Waals surface area contributed by atoms with Gasteiger partial charge in [-0.15, -0.1) is 0 Å². The van der Waals surface area contributed by atoms with Crippen LogP contribution in [-0.4, -0.2) is 29.1 Å². The highest BCUT2D eigenvalue weighted by Gasteiger charge is 2.76. The molecule has 4 nitrogen and oxygen atoms in total. The molecule has 22 heavy (non-hydrogen) atoms. The molecule has 4 heteroatoms. The minimum Gasteiger partial charge on any atom is -0.368 e. The van der Waals surface area contributed by atoms with Crippen LogP contribution in [0.2, 0.25) is 0 Å². The monoisotopic (exact) mass is 302 g/mol. The van der Waals surface area contributed by atoms with Gasteiger partial charge in [0.1, 0.15) is 0 Å². The molecule has 8 atom stereocenters. The Hall–Kier alpha value is -0.940. The molecule has 1 N–H and O–H groups in total. The molecule has 0 amide bonds. The summed E-state index contributed by atoms with van der Waals surface area (Å²) in [5.74, 6) is -0.0507. The molecule has 0 spiro atoms. The average molecular weight is 302 g/mol. The van der Waals surface area contributed by atoms with E-state index in [1.54, 1.807) is 0 Å². The van der Waals surface area contributed by atoms with Crippen LogP contribution in [0.5, 0.6) is 0 Å². The van der Waals surface area contributed by atoms with Crippen LogP contribution in [-0.2, 0) is 20.6 Å². The second-order valence-electron chi connectivity index (χ2n) is 7.60. The maximum Gasteiger partial charge on any atom is 0.175 e. The summed E-state index contributed by atoms with van der Waals surface area (Å²) in [6.45, 7) is 4.01. The number of aliphatic hydroxyl groups excluding tert-OH is 1. The standard InChI is InChI=1S/C18H22O4/c1-17-14-11(13(20-17)8-10-6-4-3-5-7-10)9-12-15(14)18(2,22-17)21-16(12)19/h3-7,11-16,19H,8-9H2,1-2H3/t11?,12?,13-,14?,15?,16-,17?,18?/m1/s1. The molecular weight excluding hydrogens is 280 g/mol. The van der Waals surface area contributed by atoms with Gasteiger partial charge in [0.15, 0.2) is 17.9 Å². The second-order valence-corrected chi connectivity index (χ2v) is 7.60. The van der Waals surface area contributed by atoms with Crippen LogP contribution in [0.25, 0.3) is 0 Å². The van der Waals surface area contributed by atoms with Crippen molar-refractivity contribution in [2.24, 2.45) is 23.7 Å². The second kappa shape index (κ2) is 4.12. The Labute approximate surface area is 130 Å². The molecular formula is C18H22O4. The first-order chi connectivity index (χ1) is 10.5. The van der Waals surface area contributed by atoms with E-state index >= 15 is 0 Å². The van der Waals surface area contributed by atoms with Crippen molar-refractivity contribution in [2.75, 3.05) is 0 Å². The van der Waals surface area contributed by atoms with E-state index in [1.165, 1.54) is 5.56 Å². The fraction of sp³-hybridized carbons (Fsp3) is 0.667. The maximum atomic E-state index is 10.2. The summed E-state index contributed by atoms with van der Waals surface area (Å²) in [6.07, 6.45) is 1.36. The number of ether oxygens (including phenoxy) is 3. The highest BCUT2D eigenvalue weighted by molar-refractivity contribution is 5.20. The van der Waals surface area contributed by atoms with Crippen molar-refractivity contribution < 1.29 is 19.3 Å². The highest BCUT2D eigenvalue weighted by atomic mass is 16.8. The lowest BCUT2D eigenvalue weighted by molar-refractivity contribution is -0.327. The van der Waals surface area contributed by atoms with E-state index in [0.717, 1.165) is 12.8 Å². The average Bonchev–Trinajstić information content (AvgIpc) is 3.10. The van der Waals surface area contributed by atoms with Gasteiger partial charge in [-0.05, 0) is 38.2 Å². The predicted molar refractivity (Wildman–Crippen MR) is 78.6 cm³/mol. The molecule has 1 saturated carbocycles. The fourth-order valence-electron chi connectivity index (χ4n) is 5.75. The molecule has 1 aromatic carbocycles. The first-order valence-electron chi connectivity index (χ1n) is 8.28. The Morgan fingerprint density at radius 2 is 1.73 bits per heavy atom. The molecule has 3 heterocycles. The van der Waals surface area contributed by atoms with E-state index in [9.17, 15) is 5.11 Å². The number of hydrogen-bond donors (Lipinski definition) is 1. The zero-order valence-electron chi connectivity index (χ0n) is 12.9. The Balaban J connectivity index is 1.48. The molecule has 1 aromatic rings. The molecule has 6 unspecified atom stereocenters. The third-order valence-electron chi connectivity index (χ3n) is 6.33. The number of benzene rings is 1. The molecule has 118 valence electrons. The minimum atomic E-state index is -0.692. The van der Waals surface area contributed by atoms with E-state index in [0.29, 0.717) is 11.8 Å². The molecule has 0 aromatic heterocycles. The van der Waals surface area contributed by atoms with Gasteiger partial charge in [0.05, 0.1) is 6.10 Å². The van der Waals surface area contributed by atoms with Crippen molar-refractivity contribution >= 4 is 0 Å². The van der Waals surface area contributed by atoms with Gasteiger partial charge < -0.3 is 19.3 Å². The third-order valence-corrected chi connectivity index (χ3v) is 6.33. The van der Waals surface area contributed by atoms with E-state index in [4.69, 9.17) is 14.2 Å². The van der Waals surface area contributed by atoms with Gasteiger partial charge in [0, 0.05) is 17.8 Å². The lowest BCUT2D eigenvalue weighted by Gasteiger charge is -2.30. The third kappa shape index (κ3) is 1.56. The van der Waals surface area contributed by atoms with E-state index < -0.39 is 17.9 Å². The summed E-state index contributed by atoms with van der Waals surface area (Å²) in [5.41, 5.74) is 1.30. The molecule has 3 saturated heterocycles. The lowest BCUT2D eigenvalue weighted by Crippen LogP contribution is -2.37. The van der Waals surface area contributed by atoms with Crippen LogP contribution in [0, 0.1) is 23.7 Å². The van der Waals surface area contributed by atoms with Gasteiger partial charge in [-0.2, -0.15) is 0 Å². The zero-order valence-corrected chi connectivity index (χ0v) is 12.9. The Morgan fingerprint density at radius 3 is 2.50 bits per heavy atom. The van der Waals surface area contributed by atoms with Crippen molar-refractivity contribution in [1.29, 1.82) is 0 Å². The topological polar surface area (TPSA) is 47.9 Å². The summed E-state index contributed by atoms with van der Waals surface area (Å²) in [6, 6.07) is 10.5. The van der Waals surface area contributed by atoms with Gasteiger partial charge in [-0.1, -0.05) is 30.3 Å². The van der Waals surface area contributed by atoms with E-state index in [-0.39, 0.29) is 17.9 Å². The summed E-state index contributed by atoms with van der Waals surface area (Å²) in [4.78, 5) is 0. The molecule has 4 aliphatic rings. The van der Waals surface area contributed by atoms with Gasteiger partial charge in [-0.25, -0.2) is 0 Å². The van der Waals surface area contributed by atoms with E-state index in [2.05, 4.69) is 31.2 Å². The van der Waals surface area contributed by atoms with Gasteiger partial charge in [0.25, 0.3) is 0 Å². The quantitative estimate of drug-likeness (QED) is 0.911. The lowest BCUT2D eigenvalue weighted by atomic mass is 9.81. The number of aliphatic hydroxyl groups is 1. The fourth-order valence-corrected chi connectivity index (χ4v) is 5.75. The van der Waals surface area contributed by atoms with Crippen molar-refractivity contribution in [1.82, 2.24) is 0 Å². The smallest absolute Gasteiger partial charge is 0.175 e. The van der Waals surface area contributed by atoms with Gasteiger partial charge in [-0.3, -0.25) is 0 Å². The highest BCUT2D eigenvalue weighted by Crippen LogP contribution is 2.68. The Bertz CT molecular complexity index is 604. The summed E-state index contributed by atoms with van der Waals surface area (Å²) >= 11 is 0. The summed E-state index contributed by atoms with van der Waals surface area (Å²) in [5, 5.41) is 10.2. The molecule has 1 aliphatic carbocycles. The normalized spacial score (nSPS) is 54.9. The molecule has 5 rings (SSSR count). The van der Waals surface area contributed by atoms with Crippen molar-refractivity contribution in [2.45, 2.75) is 50.7 Å². The van der Waals surface area contributed by atoms with Crippen LogP contribution in [0.3, 0.4) is 0 Å². The Morgan fingerprint density at radius 1 is 1.05 bits per heavy atom. The SMILES string of the molecule is CC12O[C@@H](O)C3CC4C(C31)C(C)(O[C@@H]4Cc1ccccc1)O2. The van der Waals surface area contributed by atoms with Crippen molar-refractivity contribution in [3.8, 4) is 0 Å². The predicted octanol–water partition coefficient (Wildman–Crippen LogP) is 2.31. The van der Waals surface area contributed by atoms with Gasteiger partial charge in [0.2, 0.25) is 0 Å². The largest absolute Gasteiger partial charge is 0.368 e. The van der Waals surface area contributed by atoms with Crippen LogP contribution in [0.1, 0.15) is 25.8 Å². The molecule has 0 bridgehead atoms. The number of rotatable bonds is 2. The van der Waals surface area contributed by atoms with Crippen LogP contribution >= 0.6 is 0 Å². The Kier molecular flexibility index (Phi) is 2.53. The van der Waals surface area contributed by atoms with Crippen LogP contribution in [0.15, 0.2) is 30.3 Å². The molecule has 4 fully saturated rings. The van der Waals surface area contributed by atoms with Crippen LogP contribution in [0.4, 0.5) is 0 Å². The first-order valence-corrected chi connectivity index (χ1v) is 8.28. The first kappa shape index (κ1) is 13.5. The summed E-state index contributed by atoms with van der Waals surface area (Å²) < 4.78 is 18.3. The zero-order chi connectivity index (χ0) is 15.1. The minimum absolute atomic E-state index is 0.166. The number of hydrogen-bond acceptors (Lipinski definition) is 4. The molecule has 0 radical (unpaired) electrons. The van der Waals surface area contributed by atoms with E-state index in [1.807, 2.05) is 13.0 Å². The van der Waals surface area contributed by atoms with Crippen LogP contribution < -0.4 is 0 Å². The maximum absolute atomic E-state index is 10.2.